The van der Waals surface area contributed by atoms with E-state index in [-0.39, 0.29) is 6.04 Å². The van der Waals surface area contributed by atoms with E-state index in [4.69, 9.17) is 21.8 Å². The van der Waals surface area contributed by atoms with Gasteiger partial charge in [-0.05, 0) is 12.0 Å². The van der Waals surface area contributed by atoms with Crippen molar-refractivity contribution in [1.82, 2.24) is 0 Å². The van der Waals surface area contributed by atoms with Crippen molar-refractivity contribution < 1.29 is 4.42 Å². The Kier molecular flexibility index (Phi) is 2.58. The molecule has 0 aliphatic carbocycles. The Morgan fingerprint density at radius 2 is 2.18 bits per heavy atom. The van der Waals surface area contributed by atoms with E-state index in [0.717, 1.165) is 5.76 Å². The molecule has 2 N–H and O–H groups in total. The highest BCUT2D eigenvalue weighted by molar-refractivity contribution is 6.30. The molecule has 1 atom stereocenters. The van der Waals surface area contributed by atoms with Gasteiger partial charge in [-0.15, -0.1) is 0 Å². The van der Waals surface area contributed by atoms with Gasteiger partial charge in [0.1, 0.15) is 12.0 Å². The first-order valence-electron chi connectivity index (χ1n) is 3.60. The van der Waals surface area contributed by atoms with E-state index < -0.39 is 0 Å². The van der Waals surface area contributed by atoms with E-state index in [1.54, 1.807) is 6.07 Å². The number of hydrogen-bond donors (Lipinski definition) is 1. The molecule has 0 unspecified atom stereocenters. The van der Waals surface area contributed by atoms with Gasteiger partial charge in [-0.2, -0.15) is 0 Å². The molecule has 3 heteroatoms. The minimum absolute atomic E-state index is 0.0532. The summed E-state index contributed by atoms with van der Waals surface area (Å²) in [4.78, 5) is 0. The lowest BCUT2D eigenvalue weighted by molar-refractivity contribution is 0.402. The highest BCUT2D eigenvalue weighted by Gasteiger charge is 2.13. The summed E-state index contributed by atoms with van der Waals surface area (Å²) in [5.41, 5.74) is 5.80. The summed E-state index contributed by atoms with van der Waals surface area (Å²) >= 11 is 5.66. The molecule has 0 saturated carbocycles. The number of hydrogen-bond acceptors (Lipinski definition) is 2. The highest BCUT2D eigenvalue weighted by atomic mass is 35.5. The van der Waals surface area contributed by atoms with Gasteiger partial charge in [0.2, 0.25) is 0 Å². The maximum Gasteiger partial charge on any atom is 0.122 e. The van der Waals surface area contributed by atoms with Crippen LogP contribution in [0.2, 0.25) is 5.02 Å². The summed E-state index contributed by atoms with van der Waals surface area (Å²) < 4.78 is 5.13. The van der Waals surface area contributed by atoms with Crippen molar-refractivity contribution in [2.75, 3.05) is 0 Å². The lowest BCUT2D eigenvalue weighted by Crippen LogP contribution is -2.15. The largest absolute Gasteiger partial charge is 0.466 e. The van der Waals surface area contributed by atoms with Crippen molar-refractivity contribution >= 4 is 11.6 Å². The Morgan fingerprint density at radius 3 is 2.55 bits per heavy atom. The summed E-state index contributed by atoms with van der Waals surface area (Å²) in [6, 6.07) is 1.70. The standard InChI is InChI=1S/C8H12ClNO/c1-5(2)8(10)7-3-6(9)4-11-7/h3-5,8H,10H2,1-2H3/t8-/m1/s1. The van der Waals surface area contributed by atoms with Crippen LogP contribution in [0.5, 0.6) is 0 Å². The van der Waals surface area contributed by atoms with Crippen molar-refractivity contribution in [3.05, 3.63) is 23.1 Å². The fourth-order valence-corrected chi connectivity index (χ4v) is 0.984. The first-order chi connectivity index (χ1) is 5.11. The van der Waals surface area contributed by atoms with Crippen LogP contribution in [-0.2, 0) is 0 Å². The summed E-state index contributed by atoms with van der Waals surface area (Å²) in [5.74, 6) is 1.13. The third-order valence-corrected chi connectivity index (χ3v) is 1.83. The maximum absolute atomic E-state index is 5.80. The highest BCUT2D eigenvalue weighted by Crippen LogP contribution is 2.23. The van der Waals surface area contributed by atoms with Crippen LogP contribution in [-0.4, -0.2) is 0 Å². The van der Waals surface area contributed by atoms with Crippen LogP contribution in [0.25, 0.3) is 0 Å². The first kappa shape index (κ1) is 8.62. The van der Waals surface area contributed by atoms with E-state index in [0.29, 0.717) is 10.9 Å². The van der Waals surface area contributed by atoms with Crippen molar-refractivity contribution in [3.8, 4) is 0 Å². The van der Waals surface area contributed by atoms with Crippen LogP contribution < -0.4 is 5.73 Å². The summed E-state index contributed by atoms with van der Waals surface area (Å²) in [6.45, 7) is 4.09. The Balaban J connectivity index is 2.76. The van der Waals surface area contributed by atoms with Crippen LogP contribution in [0.4, 0.5) is 0 Å². The van der Waals surface area contributed by atoms with Gasteiger partial charge in [0, 0.05) is 0 Å². The first-order valence-corrected chi connectivity index (χ1v) is 3.98. The SMILES string of the molecule is CC(C)[C@@H](N)c1cc(Cl)co1. The minimum atomic E-state index is -0.0532. The van der Waals surface area contributed by atoms with Crippen LogP contribution in [0.3, 0.4) is 0 Å². The zero-order valence-corrected chi connectivity index (χ0v) is 7.43. The Labute approximate surface area is 71.3 Å². The van der Waals surface area contributed by atoms with Crippen LogP contribution in [0, 0.1) is 5.92 Å². The second-order valence-electron chi connectivity index (χ2n) is 2.94. The molecule has 0 amide bonds. The summed E-state index contributed by atoms with van der Waals surface area (Å²) in [7, 11) is 0. The van der Waals surface area contributed by atoms with Crippen molar-refractivity contribution in [2.24, 2.45) is 11.7 Å². The van der Waals surface area contributed by atoms with E-state index >= 15 is 0 Å². The fourth-order valence-electron chi connectivity index (χ4n) is 0.832. The van der Waals surface area contributed by atoms with Crippen molar-refractivity contribution in [1.29, 1.82) is 0 Å². The van der Waals surface area contributed by atoms with Gasteiger partial charge in [0.05, 0.1) is 11.1 Å². The Hall–Kier alpha value is -0.470. The van der Waals surface area contributed by atoms with Crippen LogP contribution >= 0.6 is 11.6 Å². The maximum atomic E-state index is 5.80. The molecule has 0 radical (unpaired) electrons. The predicted molar refractivity (Wildman–Crippen MR) is 45.5 cm³/mol. The number of rotatable bonds is 2. The van der Waals surface area contributed by atoms with Gasteiger partial charge in [-0.1, -0.05) is 25.4 Å². The lowest BCUT2D eigenvalue weighted by Gasteiger charge is -2.11. The second kappa shape index (κ2) is 3.28. The number of nitrogens with two attached hydrogens (primary N) is 1. The third kappa shape index (κ3) is 1.98. The quantitative estimate of drug-likeness (QED) is 0.747. The molecule has 11 heavy (non-hydrogen) atoms. The zero-order chi connectivity index (χ0) is 8.43. The third-order valence-electron chi connectivity index (χ3n) is 1.63. The molecule has 1 rings (SSSR count). The van der Waals surface area contributed by atoms with E-state index in [1.165, 1.54) is 6.26 Å². The molecule has 1 heterocycles. The Morgan fingerprint density at radius 1 is 1.55 bits per heavy atom. The van der Waals surface area contributed by atoms with Crippen molar-refractivity contribution in [3.63, 3.8) is 0 Å². The number of furan rings is 1. The minimum Gasteiger partial charge on any atom is -0.466 e. The van der Waals surface area contributed by atoms with Crippen molar-refractivity contribution in [2.45, 2.75) is 19.9 Å². The molecule has 0 aliphatic rings. The summed E-state index contributed by atoms with van der Waals surface area (Å²) in [6.07, 6.45) is 1.50. The van der Waals surface area contributed by atoms with E-state index in [9.17, 15) is 0 Å². The molecule has 0 saturated heterocycles. The predicted octanol–water partition coefficient (Wildman–Crippen LogP) is 2.59. The van der Waals surface area contributed by atoms with E-state index in [1.807, 2.05) is 13.8 Å². The molecule has 0 bridgehead atoms. The van der Waals surface area contributed by atoms with Crippen LogP contribution in [0.15, 0.2) is 16.7 Å². The molecule has 1 aromatic heterocycles. The smallest absolute Gasteiger partial charge is 0.122 e. The molecule has 0 spiro atoms. The fraction of sp³-hybridized carbons (Fsp3) is 0.500. The molecule has 0 fully saturated rings. The van der Waals surface area contributed by atoms with Gasteiger partial charge < -0.3 is 10.2 Å². The van der Waals surface area contributed by atoms with Gasteiger partial charge in [-0.25, -0.2) is 0 Å². The topological polar surface area (TPSA) is 39.2 Å². The molecule has 0 aromatic carbocycles. The zero-order valence-electron chi connectivity index (χ0n) is 6.67. The molecular weight excluding hydrogens is 162 g/mol. The normalized spacial score (nSPS) is 13.9. The van der Waals surface area contributed by atoms with Gasteiger partial charge >= 0.3 is 0 Å². The van der Waals surface area contributed by atoms with E-state index in [2.05, 4.69) is 0 Å². The molecular formula is C8H12ClNO. The monoisotopic (exact) mass is 173 g/mol. The summed E-state index contributed by atoms with van der Waals surface area (Å²) in [5, 5.41) is 0.608. The van der Waals surface area contributed by atoms with Gasteiger partial charge in [0.15, 0.2) is 0 Å². The number of halogens is 1. The molecule has 0 aliphatic heterocycles. The average molecular weight is 174 g/mol. The Bertz CT molecular complexity index is 232. The second-order valence-corrected chi connectivity index (χ2v) is 3.37. The van der Waals surface area contributed by atoms with Gasteiger partial charge in [-0.3, -0.25) is 0 Å². The average Bonchev–Trinajstić information content (AvgIpc) is 2.34. The molecule has 1 aromatic rings. The molecule has 62 valence electrons. The molecule has 2 nitrogen and oxygen atoms in total. The van der Waals surface area contributed by atoms with Gasteiger partial charge in [0.25, 0.3) is 0 Å². The lowest BCUT2D eigenvalue weighted by atomic mass is 10.0. The van der Waals surface area contributed by atoms with Crippen LogP contribution in [0.1, 0.15) is 25.6 Å².